The fraction of sp³-hybridized carbons (Fsp3) is 0.154. The van der Waals surface area contributed by atoms with Gasteiger partial charge in [-0.25, -0.2) is 0 Å². The zero-order valence-electron chi connectivity index (χ0n) is 9.35. The molecule has 0 aliphatic rings. The number of hydrogen-bond donors (Lipinski definition) is 0. The molecule has 1 aromatic heterocycles. The molecule has 0 aliphatic heterocycles. The topological polar surface area (TPSA) is 38.0 Å². The van der Waals surface area contributed by atoms with Crippen LogP contribution < -0.4 is 4.74 Å². The third kappa shape index (κ3) is 2.43. The Morgan fingerprint density at radius 3 is 2.94 bits per heavy atom. The normalized spacial score (nSPS) is 9.94. The van der Waals surface area contributed by atoms with Gasteiger partial charge in [0.15, 0.2) is 0 Å². The molecule has 0 spiro atoms. The Labute approximate surface area is 105 Å². The average molecular weight is 247 g/mol. The fourth-order valence-electron chi connectivity index (χ4n) is 1.71. The Bertz CT molecular complexity index is 569. The maximum Gasteiger partial charge on any atom is 0.123 e. The number of benzene rings is 1. The highest BCUT2D eigenvalue weighted by Gasteiger charge is 2.06. The van der Waals surface area contributed by atoms with Crippen molar-refractivity contribution in [2.75, 3.05) is 7.11 Å². The van der Waals surface area contributed by atoms with Crippen molar-refractivity contribution in [3.63, 3.8) is 0 Å². The van der Waals surface area contributed by atoms with Gasteiger partial charge in [0.2, 0.25) is 0 Å². The van der Waals surface area contributed by atoms with Crippen LogP contribution in [0.2, 0.25) is 5.02 Å². The van der Waals surface area contributed by atoms with Crippen LogP contribution in [0.4, 0.5) is 0 Å². The molecule has 0 aliphatic carbocycles. The largest absolute Gasteiger partial charge is 0.496 e. The number of ether oxygens (including phenoxy) is 1. The zero-order chi connectivity index (χ0) is 12.3. The van der Waals surface area contributed by atoms with Crippen LogP contribution >= 0.6 is 11.6 Å². The summed E-state index contributed by atoms with van der Waals surface area (Å²) in [6.45, 7) is 0.569. The van der Waals surface area contributed by atoms with E-state index in [-0.39, 0.29) is 0 Å². The van der Waals surface area contributed by atoms with Gasteiger partial charge in [0.25, 0.3) is 0 Å². The minimum absolute atomic E-state index is 0.569. The van der Waals surface area contributed by atoms with Crippen LogP contribution in [0.5, 0.6) is 5.75 Å². The quantitative estimate of drug-likeness (QED) is 0.835. The molecule has 0 saturated heterocycles. The maximum absolute atomic E-state index is 8.94. The second kappa shape index (κ2) is 4.94. The predicted molar refractivity (Wildman–Crippen MR) is 66.3 cm³/mol. The van der Waals surface area contributed by atoms with Crippen molar-refractivity contribution in [3.8, 4) is 11.8 Å². The van der Waals surface area contributed by atoms with Gasteiger partial charge in [-0.3, -0.25) is 0 Å². The number of halogens is 1. The highest BCUT2D eigenvalue weighted by atomic mass is 35.5. The summed E-state index contributed by atoms with van der Waals surface area (Å²) in [6.07, 6.45) is 1.86. The van der Waals surface area contributed by atoms with Crippen molar-refractivity contribution in [2.24, 2.45) is 0 Å². The van der Waals surface area contributed by atoms with E-state index in [9.17, 15) is 0 Å². The molecule has 1 heterocycles. The summed E-state index contributed by atoms with van der Waals surface area (Å²) in [5, 5.41) is 9.60. The van der Waals surface area contributed by atoms with Gasteiger partial charge in [-0.15, -0.1) is 0 Å². The van der Waals surface area contributed by atoms with Gasteiger partial charge in [0.1, 0.15) is 17.5 Å². The van der Waals surface area contributed by atoms with Gasteiger partial charge in [-0.1, -0.05) is 11.6 Å². The summed E-state index contributed by atoms with van der Waals surface area (Å²) in [5.74, 6) is 0.770. The second-order valence-corrected chi connectivity index (χ2v) is 4.03. The lowest BCUT2D eigenvalue weighted by molar-refractivity contribution is 0.408. The summed E-state index contributed by atoms with van der Waals surface area (Å²) >= 11 is 5.96. The molecule has 0 atom stereocenters. The molecular weight excluding hydrogens is 236 g/mol. The second-order valence-electron chi connectivity index (χ2n) is 3.59. The number of nitriles is 1. The lowest BCUT2D eigenvalue weighted by atomic mass is 10.2. The smallest absolute Gasteiger partial charge is 0.123 e. The van der Waals surface area contributed by atoms with Gasteiger partial charge in [-0.2, -0.15) is 5.26 Å². The molecule has 0 fully saturated rings. The number of methoxy groups -OCH3 is 1. The number of hydrogen-bond acceptors (Lipinski definition) is 2. The minimum Gasteiger partial charge on any atom is -0.496 e. The third-order valence-electron chi connectivity index (χ3n) is 2.53. The highest BCUT2D eigenvalue weighted by molar-refractivity contribution is 6.30. The molecule has 0 unspecified atom stereocenters. The van der Waals surface area contributed by atoms with Crippen LogP contribution in [0.15, 0.2) is 36.5 Å². The number of aromatic nitrogens is 1. The summed E-state index contributed by atoms with van der Waals surface area (Å²) in [4.78, 5) is 0. The fourth-order valence-corrected chi connectivity index (χ4v) is 1.90. The number of nitrogens with zero attached hydrogens (tertiary/aromatic N) is 2. The Morgan fingerprint density at radius 1 is 1.41 bits per heavy atom. The van der Waals surface area contributed by atoms with Crippen molar-refractivity contribution in [1.29, 1.82) is 5.26 Å². The summed E-state index contributed by atoms with van der Waals surface area (Å²) in [6, 6.07) is 11.2. The van der Waals surface area contributed by atoms with E-state index in [1.807, 2.05) is 29.0 Å². The molecule has 0 saturated carbocycles. The zero-order valence-corrected chi connectivity index (χ0v) is 10.1. The van der Waals surface area contributed by atoms with E-state index in [0.29, 0.717) is 17.3 Å². The monoisotopic (exact) mass is 246 g/mol. The molecule has 2 aromatic rings. The maximum atomic E-state index is 8.94. The van der Waals surface area contributed by atoms with E-state index in [0.717, 1.165) is 11.3 Å². The summed E-state index contributed by atoms with van der Waals surface area (Å²) in [5.41, 5.74) is 1.57. The molecule has 0 amide bonds. The van der Waals surface area contributed by atoms with Crippen LogP contribution in [0, 0.1) is 11.3 Å². The standard InChI is InChI=1S/C13H11ClN2O/c1-17-13-5-4-11(14)7-10(13)9-16-6-2-3-12(16)8-15/h2-7H,9H2,1H3. The van der Waals surface area contributed by atoms with Crippen LogP contribution in [-0.4, -0.2) is 11.7 Å². The molecule has 3 nitrogen and oxygen atoms in total. The third-order valence-corrected chi connectivity index (χ3v) is 2.76. The van der Waals surface area contributed by atoms with E-state index >= 15 is 0 Å². The molecule has 17 heavy (non-hydrogen) atoms. The van der Waals surface area contributed by atoms with Gasteiger partial charge < -0.3 is 9.30 Å². The molecule has 1 aromatic carbocycles. The van der Waals surface area contributed by atoms with Crippen LogP contribution in [0.3, 0.4) is 0 Å². The number of rotatable bonds is 3. The first-order chi connectivity index (χ1) is 8.24. The highest BCUT2D eigenvalue weighted by Crippen LogP contribution is 2.23. The van der Waals surface area contributed by atoms with Crippen molar-refractivity contribution < 1.29 is 4.74 Å². The lowest BCUT2D eigenvalue weighted by Crippen LogP contribution is -2.02. The van der Waals surface area contributed by atoms with Gasteiger partial charge in [0, 0.05) is 16.8 Å². The minimum atomic E-state index is 0.569. The molecule has 4 heteroatoms. The summed E-state index contributed by atoms with van der Waals surface area (Å²) in [7, 11) is 1.62. The first-order valence-electron chi connectivity index (χ1n) is 5.12. The van der Waals surface area contributed by atoms with Crippen molar-refractivity contribution in [3.05, 3.63) is 52.8 Å². The Hall–Kier alpha value is -1.92. The van der Waals surface area contributed by atoms with Crippen LogP contribution in [0.25, 0.3) is 0 Å². The van der Waals surface area contributed by atoms with Gasteiger partial charge >= 0.3 is 0 Å². The summed E-state index contributed by atoms with van der Waals surface area (Å²) < 4.78 is 7.12. The van der Waals surface area contributed by atoms with E-state index in [1.54, 1.807) is 19.2 Å². The molecular formula is C13H11ClN2O. The Kier molecular flexibility index (Phi) is 3.36. The van der Waals surface area contributed by atoms with Gasteiger partial charge in [0.05, 0.1) is 13.7 Å². The Balaban J connectivity index is 2.36. The Morgan fingerprint density at radius 2 is 2.24 bits per heavy atom. The van der Waals surface area contributed by atoms with E-state index in [4.69, 9.17) is 21.6 Å². The SMILES string of the molecule is COc1ccc(Cl)cc1Cn1cccc1C#N. The van der Waals surface area contributed by atoms with E-state index in [2.05, 4.69) is 6.07 Å². The molecule has 0 radical (unpaired) electrons. The van der Waals surface area contributed by atoms with E-state index in [1.165, 1.54) is 0 Å². The van der Waals surface area contributed by atoms with E-state index < -0.39 is 0 Å². The lowest BCUT2D eigenvalue weighted by Gasteiger charge is -2.10. The van der Waals surface area contributed by atoms with Crippen molar-refractivity contribution >= 4 is 11.6 Å². The first kappa shape index (κ1) is 11.6. The van der Waals surface area contributed by atoms with Crippen molar-refractivity contribution in [1.82, 2.24) is 4.57 Å². The molecule has 86 valence electrons. The van der Waals surface area contributed by atoms with Crippen LogP contribution in [-0.2, 0) is 6.54 Å². The predicted octanol–water partition coefficient (Wildman–Crippen LogP) is 3.07. The molecule has 0 N–H and O–H groups in total. The molecule has 0 bridgehead atoms. The van der Waals surface area contributed by atoms with Crippen LogP contribution in [0.1, 0.15) is 11.3 Å². The van der Waals surface area contributed by atoms with Gasteiger partial charge in [-0.05, 0) is 30.3 Å². The average Bonchev–Trinajstić information content (AvgIpc) is 2.77. The molecule has 2 rings (SSSR count). The van der Waals surface area contributed by atoms with Crippen molar-refractivity contribution in [2.45, 2.75) is 6.54 Å². The first-order valence-corrected chi connectivity index (χ1v) is 5.50.